The maximum absolute atomic E-state index is 14.1. The maximum Gasteiger partial charge on any atom is 0.165 e. The minimum atomic E-state index is -0.364. The molecule has 1 aromatic heterocycles. The molecule has 0 saturated carbocycles. The van der Waals surface area contributed by atoms with Crippen molar-refractivity contribution in [1.82, 2.24) is 15.1 Å². The first kappa shape index (κ1) is 17.9. The molecule has 1 fully saturated rings. The Morgan fingerprint density at radius 1 is 1.32 bits per heavy atom. The number of rotatable bonds is 7. The van der Waals surface area contributed by atoms with Crippen molar-refractivity contribution in [3.63, 3.8) is 0 Å². The molecule has 1 atom stereocenters. The van der Waals surface area contributed by atoms with Crippen LogP contribution in [-0.2, 0) is 11.3 Å². The Morgan fingerprint density at radius 2 is 2.20 bits per heavy atom. The lowest BCUT2D eigenvalue weighted by molar-refractivity contribution is 0.0975. The van der Waals surface area contributed by atoms with Crippen LogP contribution in [0.2, 0.25) is 0 Å². The summed E-state index contributed by atoms with van der Waals surface area (Å²) in [5, 5.41) is 7.22. The van der Waals surface area contributed by atoms with Crippen molar-refractivity contribution in [2.75, 3.05) is 27.4 Å². The first-order valence-corrected chi connectivity index (χ1v) is 8.82. The number of halogens is 1. The fourth-order valence-electron chi connectivity index (χ4n) is 3.57. The van der Waals surface area contributed by atoms with Gasteiger partial charge < -0.3 is 9.47 Å². The Morgan fingerprint density at radius 3 is 2.96 bits per heavy atom. The summed E-state index contributed by atoms with van der Waals surface area (Å²) < 4.78 is 24.3. The zero-order valence-electron chi connectivity index (χ0n) is 14.9. The lowest BCUT2D eigenvalue weighted by Crippen LogP contribution is -2.39. The molecule has 2 aromatic rings. The van der Waals surface area contributed by atoms with Gasteiger partial charge in [-0.2, -0.15) is 5.10 Å². The van der Waals surface area contributed by atoms with E-state index in [1.54, 1.807) is 13.2 Å². The van der Waals surface area contributed by atoms with Gasteiger partial charge in [-0.05, 0) is 44.0 Å². The normalized spacial score (nSPS) is 18.4. The average molecular weight is 347 g/mol. The molecule has 0 aliphatic carbocycles. The third-order valence-corrected chi connectivity index (χ3v) is 4.94. The second kappa shape index (κ2) is 8.45. The molecule has 1 saturated heterocycles. The zero-order chi connectivity index (χ0) is 17.6. The molecular weight excluding hydrogens is 321 g/mol. The fourth-order valence-corrected chi connectivity index (χ4v) is 3.57. The van der Waals surface area contributed by atoms with Crippen molar-refractivity contribution in [3.8, 4) is 17.0 Å². The molecule has 2 heterocycles. The van der Waals surface area contributed by atoms with Gasteiger partial charge in [0.25, 0.3) is 0 Å². The van der Waals surface area contributed by atoms with Gasteiger partial charge in [0.1, 0.15) is 0 Å². The minimum Gasteiger partial charge on any atom is -0.494 e. The molecule has 0 spiro atoms. The number of hydrogen-bond donors (Lipinski definition) is 1. The van der Waals surface area contributed by atoms with Gasteiger partial charge in [0, 0.05) is 37.4 Å². The van der Waals surface area contributed by atoms with Gasteiger partial charge in [0.05, 0.1) is 19.0 Å². The summed E-state index contributed by atoms with van der Waals surface area (Å²) in [4.78, 5) is 2.50. The smallest absolute Gasteiger partial charge is 0.165 e. The van der Waals surface area contributed by atoms with Crippen LogP contribution in [0.25, 0.3) is 11.3 Å². The van der Waals surface area contributed by atoms with Crippen LogP contribution >= 0.6 is 0 Å². The predicted molar refractivity (Wildman–Crippen MR) is 95.1 cm³/mol. The van der Waals surface area contributed by atoms with Crippen LogP contribution in [0.3, 0.4) is 0 Å². The Kier molecular flexibility index (Phi) is 6.04. The van der Waals surface area contributed by atoms with Gasteiger partial charge in [-0.3, -0.25) is 10.00 Å². The molecule has 1 N–H and O–H groups in total. The maximum atomic E-state index is 14.1. The standard InChI is InChI=1S/C19H26FN3O2/c1-24-10-8-16-5-3-4-9-23(16)13-15-12-21-22-19(15)14-6-7-18(25-2)17(20)11-14/h6-7,11-12,16H,3-5,8-10,13H2,1-2H3,(H,21,22). The summed E-state index contributed by atoms with van der Waals surface area (Å²) in [5.74, 6) is -0.114. The molecule has 6 heteroatoms. The van der Waals surface area contributed by atoms with E-state index in [-0.39, 0.29) is 11.6 Å². The molecule has 1 aliphatic heterocycles. The fraction of sp³-hybridized carbons (Fsp3) is 0.526. The van der Waals surface area contributed by atoms with Crippen molar-refractivity contribution < 1.29 is 13.9 Å². The number of likely N-dealkylation sites (tertiary alicyclic amines) is 1. The van der Waals surface area contributed by atoms with Crippen molar-refractivity contribution in [1.29, 1.82) is 0 Å². The first-order valence-electron chi connectivity index (χ1n) is 8.82. The van der Waals surface area contributed by atoms with E-state index in [0.717, 1.165) is 42.9 Å². The number of hydrogen-bond acceptors (Lipinski definition) is 4. The van der Waals surface area contributed by atoms with Crippen LogP contribution < -0.4 is 4.74 Å². The monoisotopic (exact) mass is 347 g/mol. The number of aromatic amines is 1. The zero-order valence-corrected chi connectivity index (χ0v) is 14.9. The number of aromatic nitrogens is 2. The molecule has 3 rings (SSSR count). The van der Waals surface area contributed by atoms with Gasteiger partial charge in [0.2, 0.25) is 0 Å². The largest absolute Gasteiger partial charge is 0.494 e. The van der Waals surface area contributed by atoms with Crippen LogP contribution in [0.15, 0.2) is 24.4 Å². The number of piperidine rings is 1. The van der Waals surface area contributed by atoms with Crippen molar-refractivity contribution in [3.05, 3.63) is 35.8 Å². The highest BCUT2D eigenvalue weighted by atomic mass is 19.1. The predicted octanol–water partition coefficient (Wildman–Crippen LogP) is 3.62. The van der Waals surface area contributed by atoms with E-state index >= 15 is 0 Å². The van der Waals surface area contributed by atoms with Crippen molar-refractivity contribution in [2.45, 2.75) is 38.3 Å². The van der Waals surface area contributed by atoms with Gasteiger partial charge in [-0.15, -0.1) is 0 Å². The summed E-state index contributed by atoms with van der Waals surface area (Å²) in [7, 11) is 3.22. The summed E-state index contributed by atoms with van der Waals surface area (Å²) in [6, 6.07) is 5.54. The Hall–Kier alpha value is -1.92. The SMILES string of the molecule is COCCC1CCCCN1Cc1cn[nH]c1-c1ccc(OC)c(F)c1. The Balaban J connectivity index is 1.78. The number of H-pyrrole nitrogens is 1. The van der Waals surface area contributed by atoms with Gasteiger partial charge >= 0.3 is 0 Å². The van der Waals surface area contributed by atoms with Gasteiger partial charge in [-0.1, -0.05) is 6.42 Å². The van der Waals surface area contributed by atoms with Crippen LogP contribution in [0.5, 0.6) is 5.75 Å². The van der Waals surface area contributed by atoms with E-state index in [1.165, 1.54) is 32.4 Å². The third-order valence-electron chi connectivity index (χ3n) is 4.94. The second-order valence-corrected chi connectivity index (χ2v) is 6.52. The lowest BCUT2D eigenvalue weighted by atomic mass is 9.98. The van der Waals surface area contributed by atoms with E-state index in [2.05, 4.69) is 15.1 Å². The van der Waals surface area contributed by atoms with E-state index in [1.807, 2.05) is 12.3 Å². The minimum absolute atomic E-state index is 0.250. The molecule has 1 aromatic carbocycles. The quantitative estimate of drug-likeness (QED) is 0.831. The Bertz CT molecular complexity index is 689. The highest BCUT2D eigenvalue weighted by molar-refractivity contribution is 5.63. The second-order valence-electron chi connectivity index (χ2n) is 6.52. The molecule has 1 unspecified atom stereocenters. The highest BCUT2D eigenvalue weighted by Gasteiger charge is 2.23. The van der Waals surface area contributed by atoms with Gasteiger partial charge in [0.15, 0.2) is 11.6 Å². The van der Waals surface area contributed by atoms with Crippen LogP contribution in [0.1, 0.15) is 31.2 Å². The van der Waals surface area contributed by atoms with Crippen LogP contribution in [0, 0.1) is 5.82 Å². The first-order chi connectivity index (χ1) is 12.2. The molecular formula is C19H26FN3O2. The highest BCUT2D eigenvalue weighted by Crippen LogP contribution is 2.29. The van der Waals surface area contributed by atoms with Crippen molar-refractivity contribution in [2.24, 2.45) is 0 Å². The lowest BCUT2D eigenvalue weighted by Gasteiger charge is -2.35. The number of benzene rings is 1. The molecule has 0 radical (unpaired) electrons. The summed E-state index contributed by atoms with van der Waals surface area (Å²) >= 11 is 0. The number of ether oxygens (including phenoxy) is 2. The van der Waals surface area contributed by atoms with Gasteiger partial charge in [-0.25, -0.2) is 4.39 Å². The number of nitrogens with zero attached hydrogens (tertiary/aromatic N) is 2. The topological polar surface area (TPSA) is 50.4 Å². The number of nitrogens with one attached hydrogen (secondary N) is 1. The van der Waals surface area contributed by atoms with E-state index < -0.39 is 0 Å². The summed E-state index contributed by atoms with van der Waals surface area (Å²) in [5.41, 5.74) is 2.75. The van der Waals surface area contributed by atoms with E-state index in [0.29, 0.717) is 6.04 Å². The molecule has 136 valence electrons. The molecule has 1 aliphatic rings. The molecule has 0 amide bonds. The Labute approximate surface area is 148 Å². The van der Waals surface area contributed by atoms with E-state index in [9.17, 15) is 4.39 Å². The summed E-state index contributed by atoms with van der Waals surface area (Å²) in [6.45, 7) is 2.67. The van der Waals surface area contributed by atoms with Crippen molar-refractivity contribution >= 4 is 0 Å². The molecule has 25 heavy (non-hydrogen) atoms. The third kappa shape index (κ3) is 4.19. The molecule has 0 bridgehead atoms. The van der Waals surface area contributed by atoms with Crippen LogP contribution in [0.4, 0.5) is 4.39 Å². The number of methoxy groups -OCH3 is 2. The molecule has 5 nitrogen and oxygen atoms in total. The summed E-state index contributed by atoms with van der Waals surface area (Å²) in [6.07, 6.45) is 6.58. The van der Waals surface area contributed by atoms with Crippen LogP contribution in [-0.4, -0.2) is 48.5 Å². The average Bonchev–Trinajstić information content (AvgIpc) is 3.09. The van der Waals surface area contributed by atoms with E-state index in [4.69, 9.17) is 9.47 Å².